The molecule has 0 radical (unpaired) electrons. The predicted octanol–water partition coefficient (Wildman–Crippen LogP) is 1.06. The van der Waals surface area contributed by atoms with E-state index in [1.54, 1.807) is 0 Å². The summed E-state index contributed by atoms with van der Waals surface area (Å²) < 4.78 is 4.75. The van der Waals surface area contributed by atoms with Crippen LogP contribution in [0.25, 0.3) is 0 Å². The summed E-state index contributed by atoms with van der Waals surface area (Å²) in [5, 5.41) is 14.7. The summed E-state index contributed by atoms with van der Waals surface area (Å²) in [6, 6.07) is -0.146. The molecule has 0 aromatic heterocycles. The third-order valence-electron chi connectivity index (χ3n) is 3.16. The number of carbonyl (C=O) groups excluding carboxylic acids is 1. The second-order valence-electron chi connectivity index (χ2n) is 4.45. The number of carboxylic acid groups (broad SMARTS) is 1. The van der Waals surface area contributed by atoms with E-state index < -0.39 is 12.1 Å². The van der Waals surface area contributed by atoms with E-state index in [4.69, 9.17) is 9.84 Å². The maximum absolute atomic E-state index is 11.7. The molecule has 6 nitrogen and oxygen atoms in total. The molecule has 3 atom stereocenters. The van der Waals surface area contributed by atoms with E-state index in [1.807, 2.05) is 11.8 Å². The molecule has 3 unspecified atom stereocenters. The molecule has 1 saturated carbocycles. The topological polar surface area (TPSA) is 87.7 Å². The first kappa shape index (κ1) is 16.1. The van der Waals surface area contributed by atoms with Gasteiger partial charge >= 0.3 is 12.0 Å². The Morgan fingerprint density at radius 1 is 1.47 bits per heavy atom. The van der Waals surface area contributed by atoms with Gasteiger partial charge in [0.15, 0.2) is 6.10 Å². The number of hydrogen-bond acceptors (Lipinski definition) is 4. The van der Waals surface area contributed by atoms with Gasteiger partial charge in [-0.1, -0.05) is 13.3 Å². The Bertz CT molecular complexity index is 314. The Hall–Kier alpha value is -0.950. The Morgan fingerprint density at radius 2 is 2.21 bits per heavy atom. The summed E-state index contributed by atoms with van der Waals surface area (Å²) in [6.07, 6.45) is 2.23. The van der Waals surface area contributed by atoms with Crippen molar-refractivity contribution in [1.82, 2.24) is 10.6 Å². The number of nitrogens with one attached hydrogen (secondary N) is 2. The highest BCUT2D eigenvalue weighted by molar-refractivity contribution is 7.99. The molecule has 7 heteroatoms. The van der Waals surface area contributed by atoms with Crippen molar-refractivity contribution in [1.29, 1.82) is 0 Å². The number of amides is 2. The van der Waals surface area contributed by atoms with Crippen LogP contribution < -0.4 is 10.6 Å². The highest BCUT2D eigenvalue weighted by atomic mass is 32.2. The van der Waals surface area contributed by atoms with Crippen LogP contribution in [-0.4, -0.2) is 53.9 Å². The highest BCUT2D eigenvalue weighted by Crippen LogP contribution is 2.29. The highest BCUT2D eigenvalue weighted by Gasteiger charge is 2.28. The minimum Gasteiger partial charge on any atom is -0.479 e. The molecule has 110 valence electrons. The molecule has 1 aliphatic carbocycles. The maximum atomic E-state index is 11.7. The zero-order chi connectivity index (χ0) is 14.3. The number of hydrogen-bond donors (Lipinski definition) is 3. The van der Waals surface area contributed by atoms with Crippen LogP contribution in [0, 0.1) is 0 Å². The number of aliphatic carboxylic acids is 1. The van der Waals surface area contributed by atoms with E-state index in [-0.39, 0.29) is 18.6 Å². The smallest absolute Gasteiger partial charge is 0.334 e. The van der Waals surface area contributed by atoms with Crippen molar-refractivity contribution in [3.8, 4) is 0 Å². The molecular formula is C12H22N2O4S. The van der Waals surface area contributed by atoms with Crippen LogP contribution in [0.4, 0.5) is 4.79 Å². The van der Waals surface area contributed by atoms with E-state index in [1.165, 1.54) is 7.11 Å². The maximum Gasteiger partial charge on any atom is 0.334 e. The van der Waals surface area contributed by atoms with Gasteiger partial charge in [-0.25, -0.2) is 9.59 Å². The standard InChI is InChI=1S/C12H22N2O4S/c1-3-19-10-6-4-5-8(10)14-12(17)13-7-9(18-2)11(15)16/h8-10H,3-7H2,1-2H3,(H,15,16)(H2,13,14,17). The number of thioether (sulfide) groups is 1. The molecule has 0 spiro atoms. The van der Waals surface area contributed by atoms with Gasteiger partial charge in [0.1, 0.15) is 0 Å². The van der Waals surface area contributed by atoms with Crippen LogP contribution in [0.15, 0.2) is 0 Å². The normalized spacial score (nSPS) is 23.9. The van der Waals surface area contributed by atoms with Crippen LogP contribution in [0.5, 0.6) is 0 Å². The molecule has 1 aliphatic rings. The van der Waals surface area contributed by atoms with Gasteiger partial charge < -0.3 is 20.5 Å². The second kappa shape index (κ2) is 8.27. The lowest BCUT2D eigenvalue weighted by atomic mass is 10.2. The first-order chi connectivity index (χ1) is 9.08. The van der Waals surface area contributed by atoms with E-state index in [2.05, 4.69) is 17.6 Å². The molecule has 0 heterocycles. The summed E-state index contributed by atoms with van der Waals surface area (Å²) in [6.45, 7) is 2.08. The summed E-state index contributed by atoms with van der Waals surface area (Å²) in [4.78, 5) is 22.4. The van der Waals surface area contributed by atoms with Crippen molar-refractivity contribution in [3.05, 3.63) is 0 Å². The third kappa shape index (κ3) is 5.28. The van der Waals surface area contributed by atoms with Gasteiger partial charge in [0, 0.05) is 18.4 Å². The van der Waals surface area contributed by atoms with Crippen molar-refractivity contribution in [3.63, 3.8) is 0 Å². The molecule has 3 N–H and O–H groups in total. The van der Waals surface area contributed by atoms with Gasteiger partial charge in [0.25, 0.3) is 0 Å². The molecule has 0 aliphatic heterocycles. The Morgan fingerprint density at radius 3 is 2.79 bits per heavy atom. The molecule has 19 heavy (non-hydrogen) atoms. The molecule has 1 fully saturated rings. The van der Waals surface area contributed by atoms with Gasteiger partial charge in [0.2, 0.25) is 0 Å². The van der Waals surface area contributed by atoms with E-state index >= 15 is 0 Å². The van der Waals surface area contributed by atoms with Crippen LogP contribution in [0.2, 0.25) is 0 Å². The van der Waals surface area contributed by atoms with Gasteiger partial charge in [-0.2, -0.15) is 11.8 Å². The van der Waals surface area contributed by atoms with Crippen molar-refractivity contribution < 1.29 is 19.4 Å². The van der Waals surface area contributed by atoms with Crippen LogP contribution in [-0.2, 0) is 9.53 Å². The number of carbonyl (C=O) groups is 2. The lowest BCUT2D eigenvalue weighted by molar-refractivity contribution is -0.147. The minimum absolute atomic E-state index is 0.0318. The zero-order valence-corrected chi connectivity index (χ0v) is 12.2. The fraction of sp³-hybridized carbons (Fsp3) is 0.833. The molecule has 0 saturated heterocycles. The quantitative estimate of drug-likeness (QED) is 0.652. The molecule has 1 rings (SSSR count). The molecule has 0 aromatic carbocycles. The van der Waals surface area contributed by atoms with Gasteiger partial charge in [-0.3, -0.25) is 0 Å². The molecular weight excluding hydrogens is 268 g/mol. The van der Waals surface area contributed by atoms with E-state index in [0.717, 1.165) is 25.0 Å². The number of urea groups is 1. The monoisotopic (exact) mass is 290 g/mol. The Kier molecular flexibility index (Phi) is 7.01. The third-order valence-corrected chi connectivity index (χ3v) is 4.48. The van der Waals surface area contributed by atoms with Crippen LogP contribution in [0.3, 0.4) is 0 Å². The second-order valence-corrected chi connectivity index (χ2v) is 5.96. The molecule has 2 amide bonds. The van der Waals surface area contributed by atoms with Gasteiger partial charge in [0.05, 0.1) is 6.54 Å². The van der Waals surface area contributed by atoms with Crippen LogP contribution >= 0.6 is 11.8 Å². The largest absolute Gasteiger partial charge is 0.479 e. The first-order valence-corrected chi connectivity index (χ1v) is 7.55. The number of ether oxygens (including phenoxy) is 1. The van der Waals surface area contributed by atoms with Gasteiger partial charge in [-0.15, -0.1) is 0 Å². The summed E-state index contributed by atoms with van der Waals surface area (Å²) in [5.41, 5.74) is 0. The fourth-order valence-corrected chi connectivity index (χ4v) is 3.38. The summed E-state index contributed by atoms with van der Waals surface area (Å²) in [7, 11) is 1.31. The zero-order valence-electron chi connectivity index (χ0n) is 11.3. The van der Waals surface area contributed by atoms with E-state index in [0.29, 0.717) is 5.25 Å². The van der Waals surface area contributed by atoms with Crippen molar-refractivity contribution in [2.75, 3.05) is 19.4 Å². The number of carboxylic acids is 1. The SMILES string of the molecule is CCSC1CCCC1NC(=O)NCC(OC)C(=O)O. The Balaban J connectivity index is 2.32. The van der Waals surface area contributed by atoms with Gasteiger partial charge in [-0.05, 0) is 18.6 Å². The van der Waals surface area contributed by atoms with Crippen molar-refractivity contribution in [2.45, 2.75) is 43.6 Å². The summed E-state index contributed by atoms with van der Waals surface area (Å²) >= 11 is 1.86. The number of rotatable bonds is 7. The van der Waals surface area contributed by atoms with E-state index in [9.17, 15) is 9.59 Å². The first-order valence-electron chi connectivity index (χ1n) is 6.50. The van der Waals surface area contributed by atoms with Crippen LogP contribution in [0.1, 0.15) is 26.2 Å². The predicted molar refractivity (Wildman–Crippen MR) is 74.5 cm³/mol. The Labute approximate surface area is 117 Å². The summed E-state index contributed by atoms with van der Waals surface area (Å²) in [5.74, 6) is -0.0435. The lowest BCUT2D eigenvalue weighted by Gasteiger charge is -2.21. The number of methoxy groups -OCH3 is 1. The van der Waals surface area contributed by atoms with Crippen molar-refractivity contribution >= 4 is 23.8 Å². The molecule has 0 bridgehead atoms. The fourth-order valence-electron chi connectivity index (χ4n) is 2.18. The molecule has 0 aromatic rings. The average molecular weight is 290 g/mol. The van der Waals surface area contributed by atoms with Crippen molar-refractivity contribution in [2.24, 2.45) is 0 Å². The lowest BCUT2D eigenvalue weighted by Crippen LogP contribution is -2.47. The average Bonchev–Trinajstić information content (AvgIpc) is 2.77. The minimum atomic E-state index is -1.08.